The van der Waals surface area contributed by atoms with Crippen LogP contribution in [-0.4, -0.2) is 81.1 Å². The highest BCUT2D eigenvalue weighted by Crippen LogP contribution is 2.46. The lowest BCUT2D eigenvalue weighted by Gasteiger charge is -2.46. The van der Waals surface area contributed by atoms with Gasteiger partial charge in [-0.25, -0.2) is 14.3 Å². The number of piperidine rings is 1. The Kier molecular flexibility index (Phi) is 8.47. The predicted molar refractivity (Wildman–Crippen MR) is 164 cm³/mol. The number of aliphatic hydroxyl groups is 1. The van der Waals surface area contributed by atoms with Gasteiger partial charge in [-0.15, -0.1) is 0 Å². The lowest BCUT2D eigenvalue weighted by molar-refractivity contribution is -0.968. The number of likely N-dealkylation sites (N-methyl/N-ethyl adjacent to an activating group) is 2. The van der Waals surface area contributed by atoms with Crippen LogP contribution in [0.5, 0.6) is 0 Å². The predicted octanol–water partition coefficient (Wildman–Crippen LogP) is 4.79. The monoisotopic (exact) mass is 615 g/mol. The van der Waals surface area contributed by atoms with Crippen LogP contribution in [-0.2, 0) is 12.7 Å². The Hall–Kier alpha value is -2.70. The summed E-state index contributed by atoms with van der Waals surface area (Å²) in [7, 11) is 4.31. The lowest BCUT2D eigenvalue weighted by atomic mass is 9.69. The normalized spacial score (nSPS) is 29.3. The van der Waals surface area contributed by atoms with Crippen molar-refractivity contribution in [2.45, 2.75) is 76.9 Å². The van der Waals surface area contributed by atoms with Crippen LogP contribution in [0.15, 0.2) is 47.5 Å². The number of rotatable bonds is 8. The van der Waals surface area contributed by atoms with Gasteiger partial charge in [0.15, 0.2) is 6.17 Å². The van der Waals surface area contributed by atoms with E-state index in [1.807, 2.05) is 12.1 Å². The van der Waals surface area contributed by atoms with E-state index in [1.165, 1.54) is 21.2 Å². The van der Waals surface area contributed by atoms with Crippen LogP contribution >= 0.6 is 0 Å². The molecule has 0 bridgehead atoms. The number of alkyl halides is 3. The molecule has 3 aliphatic rings. The molecule has 44 heavy (non-hydrogen) atoms. The van der Waals surface area contributed by atoms with Gasteiger partial charge in [0.1, 0.15) is 6.67 Å². The first-order valence-corrected chi connectivity index (χ1v) is 16.0. The minimum Gasteiger partial charge on any atom is -0.393 e. The van der Waals surface area contributed by atoms with Crippen molar-refractivity contribution >= 4 is 5.52 Å². The minimum absolute atomic E-state index is 0.0620. The maximum Gasteiger partial charge on any atom is 0.418 e. The fourth-order valence-electron chi connectivity index (χ4n) is 8.12. The van der Waals surface area contributed by atoms with Crippen LogP contribution in [0.2, 0.25) is 0 Å². The first-order chi connectivity index (χ1) is 20.9. The molecule has 1 aromatic carbocycles. The second-order valence-corrected chi connectivity index (χ2v) is 13.8. The van der Waals surface area contributed by atoms with Gasteiger partial charge in [0.25, 0.3) is 0 Å². The van der Waals surface area contributed by atoms with E-state index in [0.717, 1.165) is 51.1 Å². The van der Waals surface area contributed by atoms with Gasteiger partial charge in [-0.3, -0.25) is 13.9 Å². The molecule has 0 amide bonds. The zero-order chi connectivity index (χ0) is 31.4. The Bertz CT molecular complexity index is 1540. The summed E-state index contributed by atoms with van der Waals surface area (Å²) in [6.07, 6.45) is 2.64. The average Bonchev–Trinajstić information content (AvgIpc) is 3.43. The number of aliphatic hydroxyl groups excluding tert-OH is 1. The fourth-order valence-corrected chi connectivity index (χ4v) is 8.12. The van der Waals surface area contributed by atoms with Crippen molar-refractivity contribution < 1.29 is 22.9 Å². The van der Waals surface area contributed by atoms with Crippen LogP contribution in [0, 0.1) is 11.8 Å². The smallest absolute Gasteiger partial charge is 0.393 e. The number of quaternary nitrogens is 1. The summed E-state index contributed by atoms with van der Waals surface area (Å²) in [5.74, 6) is 0.812. The molecule has 4 heterocycles. The van der Waals surface area contributed by atoms with E-state index >= 15 is 0 Å². The van der Waals surface area contributed by atoms with Crippen molar-refractivity contribution in [3.05, 3.63) is 69.9 Å². The number of hydrogen-bond donors (Lipinski definition) is 2. The molecular formula is C33H46F3N6O2+. The number of benzene rings is 1. The summed E-state index contributed by atoms with van der Waals surface area (Å²) < 4.78 is 46.4. The zero-order valence-corrected chi connectivity index (χ0v) is 26.2. The molecule has 11 heteroatoms. The quantitative estimate of drug-likeness (QED) is 0.357. The van der Waals surface area contributed by atoms with Gasteiger partial charge in [0, 0.05) is 25.5 Å². The topological polar surface area (TPSA) is 65.2 Å². The summed E-state index contributed by atoms with van der Waals surface area (Å²) in [6.45, 7) is 8.05. The van der Waals surface area contributed by atoms with E-state index in [9.17, 15) is 23.1 Å². The maximum absolute atomic E-state index is 14.4. The van der Waals surface area contributed by atoms with Crippen LogP contribution in [0.1, 0.15) is 68.6 Å². The molecule has 4 atom stereocenters. The van der Waals surface area contributed by atoms with Crippen molar-refractivity contribution in [1.82, 2.24) is 24.2 Å². The Morgan fingerprint density at radius 3 is 2.64 bits per heavy atom. The second kappa shape index (κ2) is 11.9. The molecule has 3 fully saturated rings. The van der Waals surface area contributed by atoms with Crippen LogP contribution in [0.4, 0.5) is 13.2 Å². The number of nitrogens with one attached hydrogen (secondary N) is 1. The van der Waals surface area contributed by atoms with Gasteiger partial charge >= 0.3 is 11.9 Å². The Morgan fingerprint density at radius 1 is 1.18 bits per heavy atom. The van der Waals surface area contributed by atoms with Gasteiger partial charge in [-0.2, -0.15) is 18.6 Å². The Balaban J connectivity index is 1.41. The van der Waals surface area contributed by atoms with Crippen molar-refractivity contribution in [3.8, 4) is 5.69 Å². The molecule has 2 aromatic heterocycles. The molecule has 0 spiro atoms. The van der Waals surface area contributed by atoms with Gasteiger partial charge < -0.3 is 5.11 Å². The van der Waals surface area contributed by atoms with E-state index in [1.54, 1.807) is 12.3 Å². The zero-order valence-electron chi connectivity index (χ0n) is 26.2. The highest BCUT2D eigenvalue weighted by Gasteiger charge is 2.52. The molecule has 2 aliphatic heterocycles. The molecule has 6 rings (SSSR count). The van der Waals surface area contributed by atoms with E-state index < -0.39 is 17.4 Å². The summed E-state index contributed by atoms with van der Waals surface area (Å²) in [5.41, 5.74) is 4.26. The first-order valence-electron chi connectivity index (χ1n) is 16.0. The second-order valence-electron chi connectivity index (χ2n) is 13.8. The van der Waals surface area contributed by atoms with Crippen molar-refractivity contribution in [3.63, 3.8) is 0 Å². The van der Waals surface area contributed by atoms with Crippen molar-refractivity contribution in [1.29, 1.82) is 0 Å². The van der Waals surface area contributed by atoms with E-state index in [-0.39, 0.29) is 29.6 Å². The number of fused-ring (bicyclic) bond motifs is 1. The Morgan fingerprint density at radius 2 is 1.95 bits per heavy atom. The van der Waals surface area contributed by atoms with Crippen LogP contribution in [0.25, 0.3) is 11.2 Å². The van der Waals surface area contributed by atoms with Crippen LogP contribution in [0.3, 0.4) is 0 Å². The molecule has 2 saturated heterocycles. The molecule has 240 valence electrons. The maximum atomic E-state index is 14.4. The summed E-state index contributed by atoms with van der Waals surface area (Å²) in [4.78, 5) is 18.3. The average molecular weight is 616 g/mol. The largest absolute Gasteiger partial charge is 0.418 e. The fraction of sp³-hybridized carbons (Fsp3) is 0.606. The van der Waals surface area contributed by atoms with Gasteiger partial charge in [0.2, 0.25) is 0 Å². The van der Waals surface area contributed by atoms with Crippen molar-refractivity contribution in [2.75, 3.05) is 40.4 Å². The molecule has 1 saturated carbocycles. The third kappa shape index (κ3) is 5.85. The van der Waals surface area contributed by atoms with Crippen LogP contribution < -0.4 is 11.1 Å². The number of hydrogen-bond acceptors (Lipinski definition) is 5. The number of likely N-dealkylation sites (tertiary alicyclic amines) is 1. The van der Waals surface area contributed by atoms with Gasteiger partial charge in [-0.1, -0.05) is 26.0 Å². The van der Waals surface area contributed by atoms with E-state index in [2.05, 4.69) is 49.2 Å². The van der Waals surface area contributed by atoms with Crippen molar-refractivity contribution in [2.24, 2.45) is 11.8 Å². The summed E-state index contributed by atoms with van der Waals surface area (Å²) in [5, 5.41) is 10.3. The molecule has 8 nitrogen and oxygen atoms in total. The molecule has 3 aromatic rings. The molecule has 2 N–H and O–H groups in total. The minimum atomic E-state index is -4.60. The highest BCUT2D eigenvalue weighted by molar-refractivity contribution is 5.58. The molecule has 1 aliphatic carbocycles. The Labute approximate surface area is 257 Å². The third-order valence-electron chi connectivity index (χ3n) is 10.2. The SMILES string of the molecule is CCC[N+]1(C)NCN(C)C1[C@@H](c1cccc(-n2cc3c(C(F)(F)F)cc(CN4CCC[C@H](C)C4)cn3c2=O)c1)C1CC(O)C1. The van der Waals surface area contributed by atoms with E-state index in [4.69, 9.17) is 0 Å². The number of pyridine rings is 1. The number of imidazole rings is 1. The number of halogens is 3. The molecular weight excluding hydrogens is 569 g/mol. The first kappa shape index (κ1) is 31.3. The molecule has 2 unspecified atom stereocenters. The van der Waals surface area contributed by atoms with Gasteiger partial charge in [-0.05, 0) is 86.9 Å². The molecule has 0 radical (unpaired) electrons. The lowest BCUT2D eigenvalue weighted by Crippen LogP contribution is -2.60. The highest BCUT2D eigenvalue weighted by atomic mass is 19.4. The number of aromatic nitrogens is 2. The summed E-state index contributed by atoms with van der Waals surface area (Å²) in [6, 6.07) is 8.91. The third-order valence-corrected chi connectivity index (χ3v) is 10.2. The van der Waals surface area contributed by atoms with Gasteiger partial charge in [0.05, 0.1) is 42.4 Å². The standard InChI is InChI=1S/C33H46F3N6O2/c1-5-12-42(4)31(38(3)21-37-42)30(25-15-27(43)16-25)24-9-6-10-26(14-24)40-20-29-28(33(34,35)36)13-23(19-41(29)32(40)44)18-39-11-7-8-22(2)17-39/h6,9-10,13-14,19-20,22,25,27,30-31,37,43H,5,7-8,11-12,15-18,21H2,1-4H3/q+1/t22-,25?,27?,30-,31?,42?/m0/s1. The van der Waals surface area contributed by atoms with E-state index in [0.29, 0.717) is 41.1 Å². The summed E-state index contributed by atoms with van der Waals surface area (Å²) >= 11 is 0. The number of nitrogens with zero attached hydrogens (tertiary/aromatic N) is 5.